The third kappa shape index (κ3) is 3.16. The summed E-state index contributed by atoms with van der Waals surface area (Å²) in [7, 11) is 0. The van der Waals surface area contributed by atoms with Crippen LogP contribution in [0.5, 0.6) is 0 Å². The Kier molecular flexibility index (Phi) is 4.06. The van der Waals surface area contributed by atoms with Crippen LogP contribution in [0.4, 0.5) is 0 Å². The normalized spacial score (nSPS) is 18.6. The zero-order valence-electron chi connectivity index (χ0n) is 12.4. The molecule has 4 nitrogen and oxygen atoms in total. The van der Waals surface area contributed by atoms with Gasteiger partial charge in [-0.15, -0.1) is 0 Å². The topological polar surface area (TPSA) is 44.4 Å². The maximum atomic E-state index is 12.4. The molecule has 21 heavy (non-hydrogen) atoms. The molecule has 0 radical (unpaired) electrons. The van der Waals surface area contributed by atoms with E-state index in [1.54, 1.807) is 0 Å². The number of nitrogens with zero attached hydrogens (tertiary/aromatic N) is 1. The first kappa shape index (κ1) is 13.9. The van der Waals surface area contributed by atoms with Crippen LogP contribution in [0.15, 0.2) is 42.1 Å². The van der Waals surface area contributed by atoms with Gasteiger partial charge in [-0.1, -0.05) is 23.8 Å². The van der Waals surface area contributed by atoms with Crippen LogP contribution in [-0.4, -0.2) is 43.5 Å². The maximum Gasteiger partial charge on any atom is 0.253 e. The average molecular weight is 283 g/mol. The number of hydrogen-bond acceptors (Lipinski definition) is 3. The van der Waals surface area contributed by atoms with Gasteiger partial charge in [0.15, 0.2) is 0 Å². The fourth-order valence-corrected chi connectivity index (χ4v) is 2.70. The molecule has 0 bridgehead atoms. The molecule has 2 aliphatic heterocycles. The Labute approximate surface area is 125 Å². The van der Waals surface area contributed by atoms with E-state index in [9.17, 15) is 4.79 Å². The van der Waals surface area contributed by atoms with Gasteiger partial charge in [0.25, 0.3) is 5.91 Å². The number of rotatable bonds is 2. The van der Waals surface area contributed by atoms with Crippen molar-refractivity contribution in [2.24, 2.45) is 0 Å². The Morgan fingerprint density at radius 1 is 1.14 bits per heavy atom. The van der Waals surface area contributed by atoms with Crippen LogP contribution in [0.2, 0.25) is 0 Å². The van der Waals surface area contributed by atoms with Crippen LogP contribution in [-0.2, 0) is 0 Å². The quantitative estimate of drug-likeness (QED) is 0.867. The van der Waals surface area contributed by atoms with E-state index in [1.165, 1.54) is 11.1 Å². The summed E-state index contributed by atoms with van der Waals surface area (Å²) in [5.74, 6) is 0.130. The first-order valence-electron chi connectivity index (χ1n) is 7.45. The molecular formula is C17H21N3O. The molecule has 0 aromatic heterocycles. The van der Waals surface area contributed by atoms with Crippen molar-refractivity contribution >= 4 is 11.5 Å². The van der Waals surface area contributed by atoms with Crippen molar-refractivity contribution in [1.82, 2.24) is 15.5 Å². The largest absolute Gasteiger partial charge is 0.387 e. The molecule has 1 fully saturated rings. The summed E-state index contributed by atoms with van der Waals surface area (Å²) >= 11 is 0. The van der Waals surface area contributed by atoms with E-state index in [4.69, 9.17) is 0 Å². The van der Waals surface area contributed by atoms with E-state index >= 15 is 0 Å². The van der Waals surface area contributed by atoms with Crippen molar-refractivity contribution in [1.29, 1.82) is 0 Å². The van der Waals surface area contributed by atoms with Gasteiger partial charge in [0.1, 0.15) is 0 Å². The SMILES string of the molecule is CC1=CC(c2ccc(C(=O)N3CCNCC3)cc2)=CNC1. The Morgan fingerprint density at radius 2 is 1.86 bits per heavy atom. The molecule has 110 valence electrons. The number of dihydropyridines is 1. The van der Waals surface area contributed by atoms with Crippen LogP contribution < -0.4 is 10.6 Å². The number of hydrogen-bond donors (Lipinski definition) is 2. The number of nitrogens with one attached hydrogen (secondary N) is 2. The molecule has 3 rings (SSSR count). The Hall–Kier alpha value is -2.07. The van der Waals surface area contributed by atoms with Gasteiger partial charge in [-0.05, 0) is 30.2 Å². The van der Waals surface area contributed by atoms with E-state index < -0.39 is 0 Å². The van der Waals surface area contributed by atoms with Gasteiger partial charge in [-0.25, -0.2) is 0 Å². The third-order valence-electron chi connectivity index (χ3n) is 3.91. The molecule has 2 N–H and O–H groups in total. The Bertz CT molecular complexity index is 581. The molecule has 2 aliphatic rings. The number of carbonyl (C=O) groups excluding carboxylic acids is 1. The Morgan fingerprint density at radius 3 is 2.52 bits per heavy atom. The fraction of sp³-hybridized carbons (Fsp3) is 0.353. The second kappa shape index (κ2) is 6.14. The van der Waals surface area contributed by atoms with Crippen molar-refractivity contribution in [3.63, 3.8) is 0 Å². The molecule has 0 saturated carbocycles. The summed E-state index contributed by atoms with van der Waals surface area (Å²) in [5.41, 5.74) is 4.39. The zero-order valence-corrected chi connectivity index (χ0v) is 12.4. The summed E-state index contributed by atoms with van der Waals surface area (Å²) in [6, 6.07) is 7.91. The van der Waals surface area contributed by atoms with Gasteiger partial charge >= 0.3 is 0 Å². The Balaban J connectivity index is 1.75. The highest BCUT2D eigenvalue weighted by Crippen LogP contribution is 2.20. The van der Waals surface area contributed by atoms with E-state index in [0.717, 1.165) is 43.9 Å². The van der Waals surface area contributed by atoms with Gasteiger partial charge in [0, 0.05) is 44.5 Å². The molecule has 1 amide bonds. The number of benzene rings is 1. The minimum atomic E-state index is 0.130. The molecule has 2 heterocycles. The summed E-state index contributed by atoms with van der Waals surface area (Å²) in [6.07, 6.45) is 4.21. The minimum Gasteiger partial charge on any atom is -0.387 e. The summed E-state index contributed by atoms with van der Waals surface area (Å²) < 4.78 is 0. The van der Waals surface area contributed by atoms with Crippen LogP contribution in [0.1, 0.15) is 22.8 Å². The molecule has 1 saturated heterocycles. The first-order valence-corrected chi connectivity index (χ1v) is 7.45. The van der Waals surface area contributed by atoms with E-state index in [2.05, 4.69) is 23.6 Å². The number of piperazine rings is 1. The highest BCUT2D eigenvalue weighted by Gasteiger charge is 2.17. The van der Waals surface area contributed by atoms with Gasteiger partial charge < -0.3 is 15.5 Å². The number of amides is 1. The molecule has 0 unspecified atom stereocenters. The van der Waals surface area contributed by atoms with Crippen LogP contribution in [0.3, 0.4) is 0 Å². The van der Waals surface area contributed by atoms with Crippen LogP contribution in [0, 0.1) is 0 Å². The molecule has 0 spiro atoms. The van der Waals surface area contributed by atoms with Gasteiger partial charge in [-0.3, -0.25) is 4.79 Å². The second-order valence-corrected chi connectivity index (χ2v) is 5.59. The monoisotopic (exact) mass is 283 g/mol. The van der Waals surface area contributed by atoms with Crippen molar-refractivity contribution in [3.8, 4) is 0 Å². The molecule has 4 heteroatoms. The highest BCUT2D eigenvalue weighted by atomic mass is 16.2. The fourth-order valence-electron chi connectivity index (χ4n) is 2.70. The molecule has 1 aromatic carbocycles. The average Bonchev–Trinajstić information content (AvgIpc) is 2.55. The first-order chi connectivity index (χ1) is 10.2. The third-order valence-corrected chi connectivity index (χ3v) is 3.91. The molecule has 1 aromatic rings. The smallest absolute Gasteiger partial charge is 0.253 e. The van der Waals surface area contributed by atoms with Crippen molar-refractivity contribution in [2.75, 3.05) is 32.7 Å². The van der Waals surface area contributed by atoms with E-state index in [1.807, 2.05) is 35.4 Å². The molecule has 0 aliphatic carbocycles. The van der Waals surface area contributed by atoms with Crippen LogP contribution in [0.25, 0.3) is 5.57 Å². The number of allylic oxidation sites excluding steroid dienone is 2. The van der Waals surface area contributed by atoms with Gasteiger partial charge in [0.05, 0.1) is 0 Å². The predicted molar refractivity (Wildman–Crippen MR) is 85.0 cm³/mol. The summed E-state index contributed by atoms with van der Waals surface area (Å²) in [6.45, 7) is 6.36. The van der Waals surface area contributed by atoms with E-state index in [-0.39, 0.29) is 5.91 Å². The molecule has 0 atom stereocenters. The van der Waals surface area contributed by atoms with E-state index in [0.29, 0.717) is 0 Å². The summed E-state index contributed by atoms with van der Waals surface area (Å²) in [4.78, 5) is 14.3. The standard InChI is InChI=1S/C17H21N3O/c1-13-10-16(12-19-11-13)14-2-4-15(5-3-14)17(21)20-8-6-18-7-9-20/h2-5,10,12,18-19H,6-9,11H2,1H3. The van der Waals surface area contributed by atoms with Gasteiger partial charge in [0.2, 0.25) is 0 Å². The minimum absolute atomic E-state index is 0.130. The second-order valence-electron chi connectivity index (χ2n) is 5.59. The predicted octanol–water partition coefficient (Wildman–Crippen LogP) is 1.62. The van der Waals surface area contributed by atoms with Crippen LogP contribution >= 0.6 is 0 Å². The highest BCUT2D eigenvalue weighted by molar-refractivity contribution is 5.94. The van der Waals surface area contributed by atoms with Crippen molar-refractivity contribution in [3.05, 3.63) is 53.2 Å². The van der Waals surface area contributed by atoms with Crippen molar-refractivity contribution in [2.45, 2.75) is 6.92 Å². The lowest BCUT2D eigenvalue weighted by molar-refractivity contribution is 0.0736. The zero-order chi connectivity index (χ0) is 14.7. The lowest BCUT2D eigenvalue weighted by atomic mass is 10.0. The lowest BCUT2D eigenvalue weighted by Gasteiger charge is -2.27. The lowest BCUT2D eigenvalue weighted by Crippen LogP contribution is -2.46. The molecular weight excluding hydrogens is 262 g/mol. The summed E-state index contributed by atoms with van der Waals surface area (Å²) in [5, 5.41) is 6.52. The van der Waals surface area contributed by atoms with Gasteiger partial charge in [-0.2, -0.15) is 0 Å². The maximum absolute atomic E-state index is 12.4. The van der Waals surface area contributed by atoms with Crippen molar-refractivity contribution < 1.29 is 4.79 Å². The number of carbonyl (C=O) groups is 1.